The number of aryl methyl sites for hydroxylation is 1. The molecule has 2 N–H and O–H groups in total. The van der Waals surface area contributed by atoms with Crippen LogP contribution in [0.15, 0.2) is 0 Å². The fourth-order valence-corrected chi connectivity index (χ4v) is 4.42. The summed E-state index contributed by atoms with van der Waals surface area (Å²) >= 11 is 7.02. The number of thiocarbonyl (C=S) groups is 1. The molecule has 6 heteroatoms. The molecule has 1 aromatic rings. The van der Waals surface area contributed by atoms with E-state index in [4.69, 9.17) is 17.0 Å². The number of nitrogens with one attached hydrogen (secondary N) is 2. The first-order chi connectivity index (χ1) is 11.2. The molecule has 0 unspecified atom stereocenters. The van der Waals surface area contributed by atoms with E-state index in [1.165, 1.54) is 37.7 Å². The van der Waals surface area contributed by atoms with E-state index in [-0.39, 0.29) is 5.97 Å². The lowest BCUT2D eigenvalue weighted by Crippen LogP contribution is -2.29. The molecular formula is C17H26N2O2S2. The minimum Gasteiger partial charge on any atom is -0.465 e. The van der Waals surface area contributed by atoms with E-state index >= 15 is 0 Å². The van der Waals surface area contributed by atoms with Crippen LogP contribution in [0.2, 0.25) is 0 Å². The smallest absolute Gasteiger partial charge is 0.341 e. The molecule has 0 amide bonds. The molecule has 1 aliphatic rings. The quantitative estimate of drug-likeness (QED) is 0.346. The molecule has 0 saturated carbocycles. The Bertz CT molecular complexity index is 555. The Morgan fingerprint density at radius 1 is 1.26 bits per heavy atom. The van der Waals surface area contributed by atoms with Crippen molar-refractivity contribution in [3.05, 3.63) is 16.0 Å². The lowest BCUT2D eigenvalue weighted by Gasteiger charge is -2.11. The zero-order valence-corrected chi connectivity index (χ0v) is 15.6. The van der Waals surface area contributed by atoms with Crippen molar-refractivity contribution in [1.29, 1.82) is 0 Å². The fourth-order valence-electron chi connectivity index (χ4n) is 2.87. The molecule has 128 valence electrons. The Morgan fingerprint density at radius 3 is 2.78 bits per heavy atom. The van der Waals surface area contributed by atoms with Crippen LogP contribution in [0.4, 0.5) is 5.00 Å². The Balaban J connectivity index is 2.11. The van der Waals surface area contributed by atoms with Gasteiger partial charge < -0.3 is 15.4 Å². The molecule has 0 bridgehead atoms. The summed E-state index contributed by atoms with van der Waals surface area (Å²) in [5.74, 6) is -0.263. The summed E-state index contributed by atoms with van der Waals surface area (Å²) in [6.07, 6.45) is 9.02. The molecule has 1 aromatic heterocycles. The lowest BCUT2D eigenvalue weighted by atomic mass is 10.1. The number of esters is 1. The number of unbranched alkanes of at least 4 members (excludes halogenated alkanes) is 2. The number of carbonyl (C=O) groups is 1. The molecule has 23 heavy (non-hydrogen) atoms. The Labute approximate surface area is 148 Å². The first kappa shape index (κ1) is 18.2. The summed E-state index contributed by atoms with van der Waals surface area (Å²) < 4.78 is 5.00. The summed E-state index contributed by atoms with van der Waals surface area (Å²) in [7, 11) is 1.44. The standard InChI is InChI=1S/C17H26N2O2S2/c1-3-4-8-11-18-17(22)19-15-14(16(20)21-2)12-9-6-5-7-10-13(12)23-15/h3-11H2,1-2H3,(H2,18,19,22). The Hall–Kier alpha value is -1.14. The van der Waals surface area contributed by atoms with Crippen molar-refractivity contribution in [3.8, 4) is 0 Å². The van der Waals surface area contributed by atoms with Crippen LogP contribution in [0.25, 0.3) is 0 Å². The highest BCUT2D eigenvalue weighted by atomic mass is 32.1. The summed E-state index contributed by atoms with van der Waals surface area (Å²) in [6, 6.07) is 0. The SMILES string of the molecule is CCCCCNC(=S)Nc1sc2c(c1C(=O)OC)CCCCC2. The van der Waals surface area contributed by atoms with Gasteiger partial charge in [-0.3, -0.25) is 0 Å². The third-order valence-corrected chi connectivity index (χ3v) is 5.56. The van der Waals surface area contributed by atoms with Crippen LogP contribution < -0.4 is 10.6 Å². The van der Waals surface area contributed by atoms with E-state index in [2.05, 4.69) is 17.6 Å². The molecular weight excluding hydrogens is 328 g/mol. The van der Waals surface area contributed by atoms with Crippen LogP contribution in [-0.2, 0) is 17.6 Å². The number of anilines is 1. The molecule has 4 nitrogen and oxygen atoms in total. The molecule has 0 radical (unpaired) electrons. The van der Waals surface area contributed by atoms with Gasteiger partial charge in [0.1, 0.15) is 5.00 Å². The maximum Gasteiger partial charge on any atom is 0.341 e. The summed E-state index contributed by atoms with van der Waals surface area (Å²) in [6.45, 7) is 3.04. The second-order valence-electron chi connectivity index (χ2n) is 5.85. The average molecular weight is 355 g/mol. The van der Waals surface area contributed by atoms with Crippen molar-refractivity contribution < 1.29 is 9.53 Å². The van der Waals surface area contributed by atoms with Gasteiger partial charge in [0.05, 0.1) is 12.7 Å². The van der Waals surface area contributed by atoms with Gasteiger partial charge in [0.25, 0.3) is 0 Å². The van der Waals surface area contributed by atoms with E-state index in [1.54, 1.807) is 11.3 Å². The number of hydrogen-bond donors (Lipinski definition) is 2. The van der Waals surface area contributed by atoms with Crippen molar-refractivity contribution >= 4 is 39.6 Å². The van der Waals surface area contributed by atoms with E-state index in [0.29, 0.717) is 10.7 Å². The highest BCUT2D eigenvalue weighted by Crippen LogP contribution is 2.37. The number of ether oxygens (including phenoxy) is 1. The molecule has 0 aromatic carbocycles. The van der Waals surface area contributed by atoms with Crippen LogP contribution in [0.1, 0.15) is 66.2 Å². The fraction of sp³-hybridized carbons (Fsp3) is 0.647. The normalized spacial score (nSPS) is 13.8. The van der Waals surface area contributed by atoms with Gasteiger partial charge in [-0.2, -0.15) is 0 Å². The second kappa shape index (κ2) is 9.23. The number of fused-ring (bicyclic) bond motifs is 1. The third kappa shape index (κ3) is 4.91. The van der Waals surface area contributed by atoms with Gasteiger partial charge >= 0.3 is 5.97 Å². The first-order valence-electron chi connectivity index (χ1n) is 8.45. The molecule has 0 spiro atoms. The minimum absolute atomic E-state index is 0.263. The molecule has 1 heterocycles. The summed E-state index contributed by atoms with van der Waals surface area (Å²) in [5, 5.41) is 7.85. The van der Waals surface area contributed by atoms with E-state index in [9.17, 15) is 4.79 Å². The van der Waals surface area contributed by atoms with Gasteiger partial charge in [0.2, 0.25) is 0 Å². The maximum absolute atomic E-state index is 12.2. The number of thiophene rings is 1. The van der Waals surface area contributed by atoms with E-state index in [1.807, 2.05) is 0 Å². The zero-order valence-electron chi connectivity index (χ0n) is 14.0. The predicted octanol–water partition coefficient (Wildman–Crippen LogP) is 4.28. The minimum atomic E-state index is -0.263. The van der Waals surface area contributed by atoms with Crippen molar-refractivity contribution in [2.45, 2.75) is 58.3 Å². The highest BCUT2D eigenvalue weighted by Gasteiger charge is 2.25. The average Bonchev–Trinajstić information content (AvgIpc) is 2.72. The van der Waals surface area contributed by atoms with Crippen molar-refractivity contribution in [2.24, 2.45) is 0 Å². The number of hydrogen-bond acceptors (Lipinski definition) is 4. The first-order valence-corrected chi connectivity index (χ1v) is 9.67. The Kier molecular flexibility index (Phi) is 7.30. The number of methoxy groups -OCH3 is 1. The lowest BCUT2D eigenvalue weighted by molar-refractivity contribution is 0.0601. The van der Waals surface area contributed by atoms with Gasteiger partial charge in [-0.05, 0) is 49.9 Å². The Morgan fingerprint density at radius 2 is 2.04 bits per heavy atom. The number of carbonyl (C=O) groups excluding carboxylic acids is 1. The van der Waals surface area contributed by atoms with E-state index in [0.717, 1.165) is 42.8 Å². The molecule has 0 atom stereocenters. The van der Waals surface area contributed by atoms with Crippen molar-refractivity contribution in [1.82, 2.24) is 5.32 Å². The van der Waals surface area contributed by atoms with Crippen LogP contribution in [0.5, 0.6) is 0 Å². The second-order valence-corrected chi connectivity index (χ2v) is 7.36. The van der Waals surface area contributed by atoms with Crippen LogP contribution in [0, 0.1) is 0 Å². The maximum atomic E-state index is 12.2. The number of rotatable bonds is 6. The van der Waals surface area contributed by atoms with Crippen LogP contribution in [-0.4, -0.2) is 24.7 Å². The molecule has 0 fully saturated rings. The van der Waals surface area contributed by atoms with Crippen molar-refractivity contribution in [2.75, 3.05) is 19.0 Å². The predicted molar refractivity (Wildman–Crippen MR) is 101 cm³/mol. The summed E-state index contributed by atoms with van der Waals surface area (Å²) in [5.41, 5.74) is 1.85. The topological polar surface area (TPSA) is 50.4 Å². The van der Waals surface area contributed by atoms with Gasteiger partial charge in [-0.25, -0.2) is 4.79 Å². The largest absolute Gasteiger partial charge is 0.465 e. The summed E-state index contributed by atoms with van der Waals surface area (Å²) in [4.78, 5) is 13.5. The van der Waals surface area contributed by atoms with E-state index < -0.39 is 0 Å². The molecule has 0 saturated heterocycles. The highest BCUT2D eigenvalue weighted by molar-refractivity contribution is 7.80. The van der Waals surface area contributed by atoms with Gasteiger partial charge in [0, 0.05) is 11.4 Å². The monoisotopic (exact) mass is 354 g/mol. The zero-order chi connectivity index (χ0) is 16.7. The molecule has 0 aliphatic heterocycles. The van der Waals surface area contributed by atoms with Gasteiger partial charge in [-0.1, -0.05) is 26.2 Å². The van der Waals surface area contributed by atoms with Crippen molar-refractivity contribution in [3.63, 3.8) is 0 Å². The molecule has 2 rings (SSSR count). The van der Waals surface area contributed by atoms with Crippen LogP contribution >= 0.6 is 23.6 Å². The van der Waals surface area contributed by atoms with Gasteiger partial charge in [0.15, 0.2) is 5.11 Å². The third-order valence-electron chi connectivity index (χ3n) is 4.10. The molecule has 1 aliphatic carbocycles. The van der Waals surface area contributed by atoms with Gasteiger partial charge in [-0.15, -0.1) is 11.3 Å². The van der Waals surface area contributed by atoms with Crippen LogP contribution in [0.3, 0.4) is 0 Å².